The Bertz CT molecular complexity index is 675. The van der Waals surface area contributed by atoms with E-state index in [0.717, 1.165) is 15.7 Å². The molecule has 0 spiro atoms. The predicted molar refractivity (Wildman–Crippen MR) is 96.7 cm³/mol. The second-order valence-corrected chi connectivity index (χ2v) is 6.88. The van der Waals surface area contributed by atoms with Crippen LogP contribution in [-0.4, -0.2) is 35.9 Å². The molecule has 6 nitrogen and oxygen atoms in total. The number of nitrogens with two attached hydrogens (primary N) is 1. The van der Waals surface area contributed by atoms with Crippen LogP contribution in [0.15, 0.2) is 33.9 Å². The molecule has 1 aliphatic heterocycles. The van der Waals surface area contributed by atoms with E-state index in [-0.39, 0.29) is 11.9 Å². The Morgan fingerprint density at radius 2 is 2.09 bits per heavy atom. The summed E-state index contributed by atoms with van der Waals surface area (Å²) in [5.41, 5.74) is 8.42. The third-order valence-corrected chi connectivity index (χ3v) is 4.89. The average Bonchev–Trinajstić information content (AvgIpc) is 2.73. The van der Waals surface area contributed by atoms with Crippen molar-refractivity contribution in [1.29, 1.82) is 5.41 Å². The second kappa shape index (κ2) is 6.23. The number of anilines is 1. The molecular weight excluding hydrogens is 358 g/mol. The Hall–Kier alpha value is -2.02. The number of nitrogens with zero attached hydrogens (tertiary/aromatic N) is 1. The van der Waals surface area contributed by atoms with Crippen molar-refractivity contribution < 1.29 is 4.79 Å². The van der Waals surface area contributed by atoms with E-state index in [2.05, 4.69) is 26.6 Å². The monoisotopic (exact) mass is 379 g/mol. The molecule has 7 heteroatoms. The lowest BCUT2D eigenvalue weighted by atomic mass is 10.0. The number of carbonyl (C=O) groups excluding carboxylic acids is 1. The maximum absolute atomic E-state index is 12.8. The number of likely N-dealkylation sites (N-methyl/N-ethyl adjacent to an activating group) is 1. The summed E-state index contributed by atoms with van der Waals surface area (Å²) in [4.78, 5) is 14.4. The van der Waals surface area contributed by atoms with Crippen LogP contribution < -0.4 is 16.4 Å². The first-order valence-corrected chi connectivity index (χ1v) is 8.09. The molecule has 0 unspecified atom stereocenters. The molecule has 0 aliphatic carbocycles. The number of rotatable bonds is 2. The van der Waals surface area contributed by atoms with Gasteiger partial charge in [0.25, 0.3) is 0 Å². The summed E-state index contributed by atoms with van der Waals surface area (Å²) in [6.07, 6.45) is 0. The number of amidine groups is 1. The first-order chi connectivity index (χ1) is 10.7. The fourth-order valence-corrected chi connectivity index (χ4v) is 3.17. The van der Waals surface area contributed by atoms with E-state index in [1.807, 2.05) is 39.0 Å². The van der Waals surface area contributed by atoms with Crippen LogP contribution in [0.1, 0.15) is 19.4 Å². The number of hydrogen-bond acceptors (Lipinski definition) is 3. The normalized spacial score (nSPS) is 16.5. The van der Waals surface area contributed by atoms with E-state index in [4.69, 9.17) is 11.1 Å². The molecule has 0 radical (unpaired) electrons. The Morgan fingerprint density at radius 3 is 2.65 bits per heavy atom. The van der Waals surface area contributed by atoms with E-state index in [0.29, 0.717) is 17.8 Å². The molecule has 0 atom stereocenters. The number of benzene rings is 1. The number of nitrogens with one attached hydrogen (secondary N) is 3. The van der Waals surface area contributed by atoms with Gasteiger partial charge in [0, 0.05) is 22.8 Å². The third kappa shape index (κ3) is 3.06. The summed E-state index contributed by atoms with van der Waals surface area (Å²) in [6.45, 7) is 5.99. The Morgan fingerprint density at radius 1 is 1.43 bits per heavy atom. The lowest BCUT2D eigenvalue weighted by Crippen LogP contribution is -2.48. The minimum atomic E-state index is -0.655. The fraction of sp³-hybridized carbons (Fsp3) is 0.375. The van der Waals surface area contributed by atoms with Crippen molar-refractivity contribution in [3.05, 3.63) is 39.5 Å². The maximum atomic E-state index is 12.8. The van der Waals surface area contributed by atoms with E-state index in [1.54, 1.807) is 11.9 Å². The number of aryl methyl sites for hydroxylation is 1. The molecule has 1 aromatic rings. The first-order valence-electron chi connectivity index (χ1n) is 7.29. The Kier molecular flexibility index (Phi) is 4.70. The van der Waals surface area contributed by atoms with Gasteiger partial charge in [-0.25, -0.2) is 4.79 Å². The van der Waals surface area contributed by atoms with Gasteiger partial charge in [-0.1, -0.05) is 12.1 Å². The molecule has 2 amide bonds. The van der Waals surface area contributed by atoms with Crippen molar-refractivity contribution in [2.24, 2.45) is 5.73 Å². The zero-order valence-electron chi connectivity index (χ0n) is 13.7. The molecule has 124 valence electrons. The summed E-state index contributed by atoms with van der Waals surface area (Å²) in [5.74, 6) is 0.239. The maximum Gasteiger partial charge on any atom is 0.322 e. The lowest BCUT2D eigenvalue weighted by Gasteiger charge is -2.33. The van der Waals surface area contributed by atoms with Crippen LogP contribution in [0.25, 0.3) is 0 Å². The highest BCUT2D eigenvalue weighted by Gasteiger charge is 2.42. The van der Waals surface area contributed by atoms with E-state index in [9.17, 15) is 4.79 Å². The minimum absolute atomic E-state index is 0.239. The van der Waals surface area contributed by atoms with Gasteiger partial charge in [0.15, 0.2) is 0 Å². The van der Waals surface area contributed by atoms with Crippen LogP contribution in [-0.2, 0) is 0 Å². The second-order valence-electron chi connectivity index (χ2n) is 6.02. The van der Waals surface area contributed by atoms with Crippen LogP contribution in [0, 0.1) is 12.3 Å². The minimum Gasteiger partial charge on any atom is -0.400 e. The van der Waals surface area contributed by atoms with Gasteiger partial charge in [-0.3, -0.25) is 5.41 Å². The molecule has 0 fully saturated rings. The van der Waals surface area contributed by atoms with Crippen molar-refractivity contribution in [3.8, 4) is 0 Å². The van der Waals surface area contributed by atoms with Gasteiger partial charge in [0.1, 0.15) is 5.84 Å². The van der Waals surface area contributed by atoms with Gasteiger partial charge in [-0.2, -0.15) is 0 Å². The molecule has 2 rings (SSSR count). The number of hydrogen-bond donors (Lipinski definition) is 4. The molecule has 1 aliphatic rings. The standard InChI is InChI=1S/C16H22BrN5O/c1-9-6-5-7-11(17)12(9)21-15(23)22-8-10(14(19)20-4)13(18)16(22,2)3/h5-7H,8,18H2,1-4H3,(H2,19,20)(H,21,23). The van der Waals surface area contributed by atoms with Crippen molar-refractivity contribution in [3.63, 3.8) is 0 Å². The van der Waals surface area contributed by atoms with Gasteiger partial charge in [-0.05, 0) is 48.3 Å². The molecule has 0 saturated carbocycles. The van der Waals surface area contributed by atoms with Crippen LogP contribution in [0.3, 0.4) is 0 Å². The molecule has 5 N–H and O–H groups in total. The van der Waals surface area contributed by atoms with Gasteiger partial charge >= 0.3 is 6.03 Å². The number of carbonyl (C=O) groups is 1. The quantitative estimate of drug-likeness (QED) is 0.470. The molecular formula is C16H22BrN5O. The summed E-state index contributed by atoms with van der Waals surface area (Å²) in [5, 5.41) is 13.7. The van der Waals surface area contributed by atoms with Crippen molar-refractivity contribution in [1.82, 2.24) is 10.2 Å². The van der Waals surface area contributed by atoms with Crippen LogP contribution >= 0.6 is 15.9 Å². The Labute approximate surface area is 144 Å². The number of halogens is 1. The van der Waals surface area contributed by atoms with Crippen LogP contribution in [0.4, 0.5) is 10.5 Å². The predicted octanol–water partition coefficient (Wildman–Crippen LogP) is 2.79. The zero-order valence-corrected chi connectivity index (χ0v) is 15.3. The van der Waals surface area contributed by atoms with Gasteiger partial charge in [0.2, 0.25) is 0 Å². The zero-order chi connectivity index (χ0) is 17.4. The number of amides is 2. The van der Waals surface area contributed by atoms with E-state index >= 15 is 0 Å². The Balaban J connectivity index is 2.27. The largest absolute Gasteiger partial charge is 0.400 e. The van der Waals surface area contributed by atoms with Crippen molar-refractivity contribution in [2.75, 3.05) is 18.9 Å². The highest BCUT2D eigenvalue weighted by Crippen LogP contribution is 2.33. The van der Waals surface area contributed by atoms with Crippen LogP contribution in [0.2, 0.25) is 0 Å². The first kappa shape index (κ1) is 17.3. The topological polar surface area (TPSA) is 94.2 Å². The average molecular weight is 380 g/mol. The number of para-hydroxylation sites is 1. The SMILES string of the molecule is CNC(=N)C1=C(N)C(C)(C)N(C(=O)Nc2c(C)cccc2Br)C1. The highest BCUT2D eigenvalue weighted by molar-refractivity contribution is 9.10. The summed E-state index contributed by atoms with van der Waals surface area (Å²) < 4.78 is 0.826. The van der Waals surface area contributed by atoms with E-state index < -0.39 is 5.54 Å². The van der Waals surface area contributed by atoms with Gasteiger partial charge in [-0.15, -0.1) is 0 Å². The molecule has 23 heavy (non-hydrogen) atoms. The molecule has 1 heterocycles. The molecule has 1 aromatic carbocycles. The molecule has 0 aromatic heterocycles. The summed E-state index contributed by atoms with van der Waals surface area (Å²) in [7, 11) is 1.67. The van der Waals surface area contributed by atoms with Crippen molar-refractivity contribution in [2.45, 2.75) is 26.3 Å². The van der Waals surface area contributed by atoms with Gasteiger partial charge < -0.3 is 21.3 Å². The smallest absolute Gasteiger partial charge is 0.322 e. The van der Waals surface area contributed by atoms with Crippen molar-refractivity contribution >= 4 is 33.5 Å². The van der Waals surface area contributed by atoms with Crippen LogP contribution in [0.5, 0.6) is 0 Å². The lowest BCUT2D eigenvalue weighted by molar-refractivity contribution is 0.184. The van der Waals surface area contributed by atoms with Gasteiger partial charge in [0.05, 0.1) is 17.8 Å². The van der Waals surface area contributed by atoms with E-state index in [1.165, 1.54) is 0 Å². The molecule has 0 saturated heterocycles. The summed E-state index contributed by atoms with van der Waals surface area (Å²) in [6, 6.07) is 5.49. The summed E-state index contributed by atoms with van der Waals surface area (Å²) >= 11 is 3.46. The number of urea groups is 1. The molecule has 0 bridgehead atoms. The highest BCUT2D eigenvalue weighted by atomic mass is 79.9. The fourth-order valence-electron chi connectivity index (χ4n) is 2.61. The third-order valence-electron chi connectivity index (χ3n) is 4.23.